The van der Waals surface area contributed by atoms with E-state index in [0.717, 1.165) is 13.1 Å². The molecule has 0 aliphatic carbocycles. The van der Waals surface area contributed by atoms with Gasteiger partial charge in [-0.2, -0.15) is 0 Å². The van der Waals surface area contributed by atoms with Crippen LogP contribution in [0, 0.1) is 5.82 Å². The molecular formula is C21H26FN3O. The van der Waals surface area contributed by atoms with Crippen LogP contribution in [0.4, 0.5) is 15.8 Å². The molecule has 3 rings (SSSR count). The predicted molar refractivity (Wildman–Crippen MR) is 104 cm³/mol. The lowest BCUT2D eigenvalue weighted by atomic mass is 10.1. The second-order valence-corrected chi connectivity index (χ2v) is 6.94. The molecule has 4 nitrogen and oxygen atoms in total. The first-order valence-corrected chi connectivity index (χ1v) is 9.18. The fourth-order valence-corrected chi connectivity index (χ4v) is 3.34. The van der Waals surface area contributed by atoms with Gasteiger partial charge < -0.3 is 10.2 Å². The molecule has 26 heavy (non-hydrogen) atoms. The van der Waals surface area contributed by atoms with Crippen LogP contribution in [0.2, 0.25) is 0 Å². The molecule has 1 amide bonds. The molecule has 0 aromatic heterocycles. The van der Waals surface area contributed by atoms with Gasteiger partial charge in [0.05, 0.1) is 6.54 Å². The average molecular weight is 355 g/mol. The van der Waals surface area contributed by atoms with Crippen LogP contribution in [-0.2, 0) is 11.3 Å². The summed E-state index contributed by atoms with van der Waals surface area (Å²) in [7, 11) is 1.91. The summed E-state index contributed by atoms with van der Waals surface area (Å²) in [5.41, 5.74) is 2.93. The molecule has 1 fully saturated rings. The molecular weight excluding hydrogens is 329 g/mol. The quantitative estimate of drug-likeness (QED) is 0.854. The van der Waals surface area contributed by atoms with Crippen molar-refractivity contribution in [3.05, 3.63) is 59.9 Å². The van der Waals surface area contributed by atoms with Crippen molar-refractivity contribution in [1.29, 1.82) is 0 Å². The van der Waals surface area contributed by atoms with Gasteiger partial charge in [0.15, 0.2) is 0 Å². The van der Waals surface area contributed by atoms with E-state index in [4.69, 9.17) is 0 Å². The fourth-order valence-electron chi connectivity index (χ4n) is 3.34. The third kappa shape index (κ3) is 5.30. The van der Waals surface area contributed by atoms with Crippen molar-refractivity contribution >= 4 is 17.3 Å². The maximum Gasteiger partial charge on any atom is 0.238 e. The lowest BCUT2D eigenvalue weighted by molar-refractivity contribution is -0.117. The molecule has 0 radical (unpaired) electrons. The summed E-state index contributed by atoms with van der Waals surface area (Å²) in [6.45, 7) is 3.22. The molecule has 1 N–H and O–H groups in total. The van der Waals surface area contributed by atoms with E-state index >= 15 is 0 Å². The van der Waals surface area contributed by atoms with Gasteiger partial charge in [-0.1, -0.05) is 18.2 Å². The molecule has 0 atom stereocenters. The number of piperidine rings is 1. The summed E-state index contributed by atoms with van der Waals surface area (Å²) < 4.78 is 13.2. The molecule has 1 saturated heterocycles. The summed E-state index contributed by atoms with van der Waals surface area (Å²) in [5, 5.41) is 2.72. The number of nitrogens with one attached hydrogen (secondary N) is 1. The first-order chi connectivity index (χ1) is 12.6. The Hall–Kier alpha value is -2.40. The summed E-state index contributed by atoms with van der Waals surface area (Å²) in [6.07, 6.45) is 3.87. The van der Waals surface area contributed by atoms with E-state index in [2.05, 4.69) is 34.5 Å². The molecule has 0 bridgehead atoms. The van der Waals surface area contributed by atoms with E-state index in [1.54, 1.807) is 12.1 Å². The number of likely N-dealkylation sites (N-methyl/N-ethyl adjacent to an activating group) is 1. The fraction of sp³-hybridized carbons (Fsp3) is 0.381. The minimum absolute atomic E-state index is 0.150. The number of nitrogens with zero attached hydrogens (tertiary/aromatic N) is 2. The second-order valence-electron chi connectivity index (χ2n) is 6.94. The Balaban J connectivity index is 1.49. The van der Waals surface area contributed by atoms with Crippen LogP contribution >= 0.6 is 0 Å². The highest BCUT2D eigenvalue weighted by Gasteiger charge is 2.11. The highest BCUT2D eigenvalue weighted by Crippen LogP contribution is 2.20. The highest BCUT2D eigenvalue weighted by atomic mass is 19.1. The zero-order chi connectivity index (χ0) is 18.4. The first kappa shape index (κ1) is 18.4. The number of hydrogen-bond acceptors (Lipinski definition) is 3. The lowest BCUT2D eigenvalue weighted by Gasteiger charge is -2.29. The van der Waals surface area contributed by atoms with Gasteiger partial charge in [0.1, 0.15) is 5.82 Å². The summed E-state index contributed by atoms with van der Waals surface area (Å²) in [5.74, 6) is -0.506. The molecule has 5 heteroatoms. The number of carbonyl (C=O) groups excluding carboxylic acids is 1. The third-order valence-corrected chi connectivity index (χ3v) is 4.63. The molecule has 0 unspecified atom stereocenters. The highest BCUT2D eigenvalue weighted by molar-refractivity contribution is 5.92. The van der Waals surface area contributed by atoms with Crippen molar-refractivity contribution in [1.82, 2.24) is 4.90 Å². The number of benzene rings is 2. The maximum atomic E-state index is 13.2. The monoisotopic (exact) mass is 355 g/mol. The first-order valence-electron chi connectivity index (χ1n) is 9.18. The zero-order valence-corrected chi connectivity index (χ0v) is 15.2. The van der Waals surface area contributed by atoms with E-state index in [-0.39, 0.29) is 18.3 Å². The largest absolute Gasteiger partial charge is 0.372 e. The Labute approximate surface area is 154 Å². The number of carbonyl (C=O) groups is 1. The van der Waals surface area contributed by atoms with E-state index in [9.17, 15) is 9.18 Å². The molecule has 1 aliphatic heterocycles. The van der Waals surface area contributed by atoms with E-state index in [1.807, 2.05) is 11.9 Å². The van der Waals surface area contributed by atoms with Crippen molar-refractivity contribution in [2.45, 2.75) is 25.8 Å². The van der Waals surface area contributed by atoms with Crippen molar-refractivity contribution in [2.75, 3.05) is 36.9 Å². The number of anilines is 2. The number of halogens is 1. The Morgan fingerprint density at radius 2 is 1.85 bits per heavy atom. The van der Waals surface area contributed by atoms with Gasteiger partial charge in [-0.3, -0.25) is 9.69 Å². The van der Waals surface area contributed by atoms with Crippen molar-refractivity contribution in [3.8, 4) is 0 Å². The van der Waals surface area contributed by atoms with Crippen LogP contribution in [0.1, 0.15) is 24.8 Å². The van der Waals surface area contributed by atoms with Gasteiger partial charge in [-0.15, -0.1) is 0 Å². The van der Waals surface area contributed by atoms with E-state index < -0.39 is 0 Å². The molecule has 2 aromatic rings. The Bertz CT molecular complexity index is 726. The van der Waals surface area contributed by atoms with Gasteiger partial charge in [0.2, 0.25) is 5.91 Å². The van der Waals surface area contributed by atoms with E-state index in [0.29, 0.717) is 12.2 Å². The zero-order valence-electron chi connectivity index (χ0n) is 15.2. The smallest absolute Gasteiger partial charge is 0.238 e. The lowest BCUT2D eigenvalue weighted by Crippen LogP contribution is -2.30. The third-order valence-electron chi connectivity index (χ3n) is 4.63. The van der Waals surface area contributed by atoms with Gasteiger partial charge in [0, 0.05) is 31.0 Å². The number of hydrogen-bond donors (Lipinski definition) is 1. The van der Waals surface area contributed by atoms with Crippen LogP contribution in [0.15, 0.2) is 48.5 Å². The van der Waals surface area contributed by atoms with Crippen LogP contribution in [0.5, 0.6) is 0 Å². The predicted octanol–water partition coefficient (Wildman–Crippen LogP) is 3.89. The van der Waals surface area contributed by atoms with Crippen LogP contribution in [0.25, 0.3) is 0 Å². The molecule has 138 valence electrons. The van der Waals surface area contributed by atoms with Crippen LogP contribution in [-0.4, -0.2) is 37.5 Å². The minimum atomic E-state index is -0.357. The number of rotatable bonds is 6. The van der Waals surface area contributed by atoms with Crippen molar-refractivity contribution in [3.63, 3.8) is 0 Å². The Kier molecular flexibility index (Phi) is 6.23. The van der Waals surface area contributed by atoms with Gasteiger partial charge in [-0.05, 0) is 62.2 Å². The Morgan fingerprint density at radius 3 is 2.54 bits per heavy atom. The SMILES string of the molecule is CN(CC(=O)Nc1cccc(F)c1)Cc1ccc(N2CCCCC2)cc1. The second kappa shape index (κ2) is 8.81. The van der Waals surface area contributed by atoms with Gasteiger partial charge in [-0.25, -0.2) is 4.39 Å². The molecule has 1 aliphatic rings. The standard InChI is InChI=1S/C21H26FN3O/c1-24(16-21(26)23-19-7-5-6-18(22)14-19)15-17-8-10-20(11-9-17)25-12-3-2-4-13-25/h5-11,14H,2-4,12-13,15-16H2,1H3,(H,23,26). The number of amides is 1. The Morgan fingerprint density at radius 1 is 1.12 bits per heavy atom. The minimum Gasteiger partial charge on any atom is -0.372 e. The molecule has 1 heterocycles. The topological polar surface area (TPSA) is 35.6 Å². The molecule has 0 spiro atoms. The summed E-state index contributed by atoms with van der Waals surface area (Å²) in [4.78, 5) is 16.5. The normalized spacial score (nSPS) is 14.5. The van der Waals surface area contributed by atoms with Crippen molar-refractivity contribution < 1.29 is 9.18 Å². The summed E-state index contributed by atoms with van der Waals surface area (Å²) >= 11 is 0. The summed E-state index contributed by atoms with van der Waals surface area (Å²) in [6, 6.07) is 14.5. The van der Waals surface area contributed by atoms with Gasteiger partial charge >= 0.3 is 0 Å². The van der Waals surface area contributed by atoms with E-state index in [1.165, 1.54) is 42.6 Å². The van der Waals surface area contributed by atoms with Crippen LogP contribution < -0.4 is 10.2 Å². The van der Waals surface area contributed by atoms with Gasteiger partial charge in [0.25, 0.3) is 0 Å². The molecule has 2 aromatic carbocycles. The van der Waals surface area contributed by atoms with Crippen LogP contribution in [0.3, 0.4) is 0 Å². The molecule has 0 saturated carbocycles. The van der Waals surface area contributed by atoms with Crippen molar-refractivity contribution in [2.24, 2.45) is 0 Å². The maximum absolute atomic E-state index is 13.2. The average Bonchev–Trinajstić information content (AvgIpc) is 2.63.